The zero-order valence-corrected chi connectivity index (χ0v) is 13.4. The molecule has 2 aromatic rings. The number of nitrogens with zero attached hydrogens (tertiary/aromatic N) is 1. The summed E-state index contributed by atoms with van der Waals surface area (Å²) in [5.41, 5.74) is 0.912. The summed E-state index contributed by atoms with van der Waals surface area (Å²) >= 11 is 6.06. The minimum absolute atomic E-state index is 0.184. The lowest BCUT2D eigenvalue weighted by molar-refractivity contribution is -0.167. The van der Waals surface area contributed by atoms with Crippen molar-refractivity contribution >= 4 is 29.4 Å². The number of carbonyl (C=O) groups is 3. The van der Waals surface area contributed by atoms with Crippen molar-refractivity contribution < 1.29 is 24.0 Å². The Balaban J connectivity index is 1.72. The number of benzene rings is 2. The van der Waals surface area contributed by atoms with Gasteiger partial charge in [0.15, 0.2) is 0 Å². The number of carbonyl (C=O) groups excluding carboxylic acids is 3. The molecule has 0 aliphatic carbocycles. The monoisotopic (exact) mass is 345 g/mol. The molecule has 0 spiro atoms. The van der Waals surface area contributed by atoms with Crippen LogP contribution in [0.3, 0.4) is 0 Å². The second kappa shape index (κ2) is 6.33. The minimum atomic E-state index is -0.767. The number of ether oxygens (including phenoxy) is 1. The number of halogens is 1. The molecule has 1 aliphatic rings. The van der Waals surface area contributed by atoms with Gasteiger partial charge in [0.25, 0.3) is 11.8 Å². The molecule has 6 nitrogen and oxygen atoms in total. The summed E-state index contributed by atoms with van der Waals surface area (Å²) in [6.45, 7) is 0. The molecular weight excluding hydrogens is 334 g/mol. The standard InChI is InChI=1S/C17H12ClNO5/c1-23-11-7-6-10(14(18)9-11)8-15(20)24-19-16(21)12-4-2-3-5-13(12)17(19)22/h2-7,9H,8H2,1H3. The van der Waals surface area contributed by atoms with Crippen LogP contribution in [0.4, 0.5) is 0 Å². The number of hydroxylamine groups is 2. The topological polar surface area (TPSA) is 72.9 Å². The highest BCUT2D eigenvalue weighted by Crippen LogP contribution is 2.25. The van der Waals surface area contributed by atoms with Crippen LogP contribution in [0, 0.1) is 0 Å². The van der Waals surface area contributed by atoms with E-state index in [1.165, 1.54) is 19.2 Å². The van der Waals surface area contributed by atoms with Crippen LogP contribution in [0.1, 0.15) is 26.3 Å². The van der Waals surface area contributed by atoms with Gasteiger partial charge in [0.1, 0.15) is 5.75 Å². The van der Waals surface area contributed by atoms with Crippen LogP contribution in [0.2, 0.25) is 5.02 Å². The zero-order chi connectivity index (χ0) is 17.3. The van der Waals surface area contributed by atoms with E-state index >= 15 is 0 Å². The van der Waals surface area contributed by atoms with Gasteiger partial charge in [-0.05, 0) is 29.8 Å². The summed E-state index contributed by atoms with van der Waals surface area (Å²) in [5, 5.41) is 0.804. The fourth-order valence-corrected chi connectivity index (χ4v) is 2.58. The van der Waals surface area contributed by atoms with Crippen molar-refractivity contribution in [1.82, 2.24) is 5.06 Å². The predicted octanol–water partition coefficient (Wildman–Crippen LogP) is 2.65. The van der Waals surface area contributed by atoms with E-state index in [2.05, 4.69) is 0 Å². The zero-order valence-electron chi connectivity index (χ0n) is 12.6. The molecule has 0 aromatic heterocycles. The molecule has 2 aromatic carbocycles. The van der Waals surface area contributed by atoms with Gasteiger partial charge in [-0.1, -0.05) is 34.9 Å². The molecule has 0 atom stereocenters. The van der Waals surface area contributed by atoms with Gasteiger partial charge in [0.05, 0.1) is 24.7 Å². The van der Waals surface area contributed by atoms with Crippen LogP contribution >= 0.6 is 11.6 Å². The van der Waals surface area contributed by atoms with Gasteiger partial charge in [-0.15, -0.1) is 0 Å². The predicted molar refractivity (Wildman–Crippen MR) is 84.7 cm³/mol. The summed E-state index contributed by atoms with van der Waals surface area (Å²) in [4.78, 5) is 41.3. The van der Waals surface area contributed by atoms with E-state index in [0.717, 1.165) is 0 Å². The number of methoxy groups -OCH3 is 1. The number of amides is 2. The molecule has 0 N–H and O–H groups in total. The van der Waals surface area contributed by atoms with Crippen LogP contribution in [0.15, 0.2) is 42.5 Å². The van der Waals surface area contributed by atoms with Gasteiger partial charge in [0, 0.05) is 5.02 Å². The molecule has 0 unspecified atom stereocenters. The van der Waals surface area contributed by atoms with Crippen molar-refractivity contribution in [2.45, 2.75) is 6.42 Å². The molecule has 24 heavy (non-hydrogen) atoms. The third-order valence-corrected chi connectivity index (χ3v) is 3.90. The van der Waals surface area contributed by atoms with E-state index in [9.17, 15) is 14.4 Å². The number of hydrogen-bond acceptors (Lipinski definition) is 5. The van der Waals surface area contributed by atoms with E-state index in [1.807, 2.05) is 0 Å². The van der Waals surface area contributed by atoms with E-state index in [4.69, 9.17) is 21.2 Å². The molecule has 7 heteroatoms. The third-order valence-electron chi connectivity index (χ3n) is 3.54. The first kappa shape index (κ1) is 16.0. The lowest BCUT2D eigenvalue weighted by atomic mass is 10.1. The van der Waals surface area contributed by atoms with Crippen molar-refractivity contribution in [3.8, 4) is 5.75 Å². The molecule has 122 valence electrons. The molecule has 1 aliphatic heterocycles. The van der Waals surface area contributed by atoms with Crippen LogP contribution in [0.5, 0.6) is 5.75 Å². The first-order chi connectivity index (χ1) is 11.5. The maximum absolute atomic E-state index is 12.1. The van der Waals surface area contributed by atoms with Crippen LogP contribution in [-0.2, 0) is 16.1 Å². The average molecular weight is 346 g/mol. The Bertz CT molecular complexity index is 814. The second-order valence-corrected chi connectivity index (χ2v) is 5.45. The van der Waals surface area contributed by atoms with Gasteiger partial charge in [-0.25, -0.2) is 4.79 Å². The van der Waals surface area contributed by atoms with Gasteiger partial charge in [-0.3, -0.25) is 9.59 Å². The first-order valence-corrected chi connectivity index (χ1v) is 7.40. The molecule has 0 saturated heterocycles. The van der Waals surface area contributed by atoms with Crippen molar-refractivity contribution in [1.29, 1.82) is 0 Å². The lowest BCUT2D eigenvalue weighted by Crippen LogP contribution is -2.33. The van der Waals surface area contributed by atoms with Gasteiger partial charge >= 0.3 is 5.97 Å². The smallest absolute Gasteiger partial charge is 0.337 e. The molecule has 2 amide bonds. The molecular formula is C17H12ClNO5. The second-order valence-electron chi connectivity index (χ2n) is 5.05. The number of rotatable bonds is 4. The molecule has 0 saturated carbocycles. The quantitative estimate of drug-likeness (QED) is 0.796. The normalized spacial score (nSPS) is 13.0. The van der Waals surface area contributed by atoms with E-state index in [-0.39, 0.29) is 17.5 Å². The molecule has 0 fully saturated rings. The molecule has 3 rings (SSSR count). The maximum Gasteiger partial charge on any atom is 0.337 e. The largest absolute Gasteiger partial charge is 0.497 e. The van der Waals surface area contributed by atoms with Crippen LogP contribution in [0.25, 0.3) is 0 Å². The first-order valence-electron chi connectivity index (χ1n) is 7.02. The minimum Gasteiger partial charge on any atom is -0.497 e. The molecule has 0 radical (unpaired) electrons. The number of imide groups is 1. The highest BCUT2D eigenvalue weighted by molar-refractivity contribution is 6.31. The van der Waals surface area contributed by atoms with Crippen molar-refractivity contribution in [2.75, 3.05) is 7.11 Å². The maximum atomic E-state index is 12.1. The Morgan fingerprint density at radius 3 is 2.25 bits per heavy atom. The summed E-state index contributed by atoms with van der Waals surface area (Å²) < 4.78 is 5.03. The van der Waals surface area contributed by atoms with Crippen molar-refractivity contribution in [2.24, 2.45) is 0 Å². The van der Waals surface area contributed by atoms with Crippen LogP contribution in [-0.4, -0.2) is 30.0 Å². The van der Waals surface area contributed by atoms with Gasteiger partial charge in [-0.2, -0.15) is 0 Å². The summed E-state index contributed by atoms with van der Waals surface area (Å²) in [5.74, 6) is -1.54. The lowest BCUT2D eigenvalue weighted by Gasteiger charge is -2.13. The Morgan fingerprint density at radius 2 is 1.71 bits per heavy atom. The summed E-state index contributed by atoms with van der Waals surface area (Å²) in [6, 6.07) is 11.1. The Morgan fingerprint density at radius 1 is 1.08 bits per heavy atom. The van der Waals surface area contributed by atoms with E-state index in [0.29, 0.717) is 21.4 Å². The summed E-state index contributed by atoms with van der Waals surface area (Å²) in [7, 11) is 1.50. The summed E-state index contributed by atoms with van der Waals surface area (Å²) in [6.07, 6.45) is -0.184. The van der Waals surface area contributed by atoms with Gasteiger partial charge in [0.2, 0.25) is 0 Å². The molecule has 0 bridgehead atoms. The SMILES string of the molecule is COc1ccc(CC(=O)ON2C(=O)c3ccccc3C2=O)c(Cl)c1. The van der Waals surface area contributed by atoms with Crippen molar-refractivity contribution in [3.63, 3.8) is 0 Å². The molecule has 1 heterocycles. The van der Waals surface area contributed by atoms with Crippen LogP contribution < -0.4 is 4.74 Å². The Labute approximate surface area is 142 Å². The number of fused-ring (bicyclic) bond motifs is 1. The highest BCUT2D eigenvalue weighted by Gasteiger charge is 2.38. The average Bonchev–Trinajstić information content (AvgIpc) is 2.82. The number of hydrogen-bond donors (Lipinski definition) is 0. The Kier molecular flexibility index (Phi) is 4.22. The van der Waals surface area contributed by atoms with Gasteiger partial charge < -0.3 is 9.57 Å². The van der Waals surface area contributed by atoms with E-state index < -0.39 is 17.8 Å². The van der Waals surface area contributed by atoms with Crippen molar-refractivity contribution in [3.05, 3.63) is 64.2 Å². The fraction of sp³-hybridized carbons (Fsp3) is 0.118. The van der Waals surface area contributed by atoms with E-state index in [1.54, 1.807) is 30.3 Å². The Hall–Kier alpha value is -2.86. The third kappa shape index (κ3) is 2.83. The highest BCUT2D eigenvalue weighted by atomic mass is 35.5. The fourth-order valence-electron chi connectivity index (χ4n) is 2.34.